The van der Waals surface area contributed by atoms with Gasteiger partial charge in [0.25, 0.3) is 0 Å². The summed E-state index contributed by atoms with van der Waals surface area (Å²) < 4.78 is 4.94. The molecule has 0 fully saturated rings. The minimum Gasteiger partial charge on any atom is -0.477 e. The van der Waals surface area contributed by atoms with E-state index in [0.29, 0.717) is 24.8 Å². The Morgan fingerprint density at radius 2 is 2.14 bits per heavy atom. The number of hydrogen-bond donors (Lipinski definition) is 2. The maximum atomic E-state index is 11.2. The zero-order valence-electron chi connectivity index (χ0n) is 12.0. The summed E-state index contributed by atoms with van der Waals surface area (Å²) in [6.07, 6.45) is 1.33. The first-order valence-electron chi connectivity index (χ1n) is 6.52. The molecule has 1 heterocycles. The Hall–Kier alpha value is -2.47. The molecule has 110 valence electrons. The van der Waals surface area contributed by atoms with Crippen LogP contribution >= 0.6 is 0 Å². The first-order chi connectivity index (χ1) is 10.1. The van der Waals surface area contributed by atoms with Gasteiger partial charge in [0.1, 0.15) is 11.4 Å². The van der Waals surface area contributed by atoms with Gasteiger partial charge in [0.05, 0.1) is 6.61 Å². The van der Waals surface area contributed by atoms with Crippen molar-refractivity contribution >= 4 is 11.8 Å². The van der Waals surface area contributed by atoms with Gasteiger partial charge in [0.15, 0.2) is 5.82 Å². The molecular formula is C15H17N3O3. The molecule has 2 rings (SSSR count). The number of ether oxygens (including phenoxy) is 1. The van der Waals surface area contributed by atoms with E-state index in [-0.39, 0.29) is 5.56 Å². The second-order valence-corrected chi connectivity index (χ2v) is 4.50. The van der Waals surface area contributed by atoms with Gasteiger partial charge >= 0.3 is 5.97 Å². The lowest BCUT2D eigenvalue weighted by molar-refractivity contribution is 0.0697. The van der Waals surface area contributed by atoms with E-state index in [1.165, 1.54) is 6.20 Å². The fourth-order valence-electron chi connectivity index (χ4n) is 1.90. The van der Waals surface area contributed by atoms with Crippen LogP contribution in [0.3, 0.4) is 0 Å². The third kappa shape index (κ3) is 3.55. The van der Waals surface area contributed by atoms with E-state index in [4.69, 9.17) is 4.74 Å². The molecule has 0 atom stereocenters. The fourth-order valence-corrected chi connectivity index (χ4v) is 1.90. The maximum Gasteiger partial charge on any atom is 0.341 e. The van der Waals surface area contributed by atoms with Crippen LogP contribution in [-0.2, 0) is 4.74 Å². The van der Waals surface area contributed by atoms with Crippen molar-refractivity contribution in [1.29, 1.82) is 0 Å². The molecule has 21 heavy (non-hydrogen) atoms. The van der Waals surface area contributed by atoms with Gasteiger partial charge in [-0.15, -0.1) is 0 Å². The minimum atomic E-state index is -1.06. The van der Waals surface area contributed by atoms with E-state index < -0.39 is 5.97 Å². The highest BCUT2D eigenvalue weighted by molar-refractivity contribution is 5.93. The second-order valence-electron chi connectivity index (χ2n) is 4.50. The smallest absolute Gasteiger partial charge is 0.341 e. The number of nitrogens with zero attached hydrogens (tertiary/aromatic N) is 2. The van der Waals surface area contributed by atoms with Crippen LogP contribution < -0.4 is 5.32 Å². The maximum absolute atomic E-state index is 11.2. The van der Waals surface area contributed by atoms with Gasteiger partial charge in [0, 0.05) is 25.4 Å². The predicted molar refractivity (Wildman–Crippen MR) is 79.5 cm³/mol. The summed E-state index contributed by atoms with van der Waals surface area (Å²) in [5, 5.41) is 12.2. The zero-order chi connectivity index (χ0) is 15.2. The molecular weight excluding hydrogens is 270 g/mol. The van der Waals surface area contributed by atoms with Gasteiger partial charge in [-0.25, -0.2) is 14.8 Å². The number of rotatable bonds is 6. The van der Waals surface area contributed by atoms with Gasteiger partial charge in [-0.2, -0.15) is 0 Å². The third-order valence-corrected chi connectivity index (χ3v) is 3.00. The van der Waals surface area contributed by atoms with Crippen LogP contribution in [0.25, 0.3) is 11.4 Å². The SMILES string of the molecule is COCCNc1nc(-c2ccccc2C)ncc1C(=O)O. The number of carbonyl (C=O) groups is 1. The number of nitrogens with one attached hydrogen (secondary N) is 1. The summed E-state index contributed by atoms with van der Waals surface area (Å²) in [5.41, 5.74) is 1.95. The quantitative estimate of drug-likeness (QED) is 0.792. The molecule has 0 spiro atoms. The largest absolute Gasteiger partial charge is 0.477 e. The van der Waals surface area contributed by atoms with Crippen LogP contribution in [0, 0.1) is 6.92 Å². The average Bonchev–Trinajstić information content (AvgIpc) is 2.47. The highest BCUT2D eigenvalue weighted by Crippen LogP contribution is 2.22. The summed E-state index contributed by atoms with van der Waals surface area (Å²) >= 11 is 0. The van der Waals surface area contributed by atoms with Gasteiger partial charge in [-0.3, -0.25) is 0 Å². The lowest BCUT2D eigenvalue weighted by Crippen LogP contribution is -2.14. The molecule has 0 aliphatic heterocycles. The molecule has 0 saturated carbocycles. The molecule has 0 aliphatic rings. The molecule has 0 aliphatic carbocycles. The Morgan fingerprint density at radius 3 is 2.81 bits per heavy atom. The number of anilines is 1. The van der Waals surface area contributed by atoms with Gasteiger partial charge in [-0.1, -0.05) is 24.3 Å². The number of carboxylic acids is 1. The third-order valence-electron chi connectivity index (χ3n) is 3.00. The molecule has 6 heteroatoms. The molecule has 0 unspecified atom stereocenters. The van der Waals surface area contributed by atoms with Crippen LogP contribution in [0.15, 0.2) is 30.5 Å². The van der Waals surface area contributed by atoms with E-state index in [2.05, 4.69) is 15.3 Å². The molecule has 1 aromatic carbocycles. The molecule has 1 aromatic heterocycles. The van der Waals surface area contributed by atoms with E-state index in [9.17, 15) is 9.90 Å². The number of aromatic nitrogens is 2. The fraction of sp³-hybridized carbons (Fsp3) is 0.267. The molecule has 0 saturated heterocycles. The Bertz CT molecular complexity index is 644. The van der Waals surface area contributed by atoms with Crippen LogP contribution in [0.4, 0.5) is 5.82 Å². The van der Waals surface area contributed by atoms with Crippen LogP contribution in [0.5, 0.6) is 0 Å². The molecule has 2 N–H and O–H groups in total. The van der Waals surface area contributed by atoms with Gasteiger partial charge in [0.2, 0.25) is 0 Å². The number of aromatic carboxylic acids is 1. The highest BCUT2D eigenvalue weighted by atomic mass is 16.5. The van der Waals surface area contributed by atoms with Crippen LogP contribution in [0.2, 0.25) is 0 Å². The Labute approximate surface area is 122 Å². The molecule has 2 aromatic rings. The number of hydrogen-bond acceptors (Lipinski definition) is 5. The van der Waals surface area contributed by atoms with E-state index in [1.807, 2.05) is 31.2 Å². The lowest BCUT2D eigenvalue weighted by Gasteiger charge is -2.10. The average molecular weight is 287 g/mol. The summed E-state index contributed by atoms with van der Waals surface area (Å²) in [4.78, 5) is 19.7. The number of aryl methyl sites for hydroxylation is 1. The topological polar surface area (TPSA) is 84.3 Å². The Balaban J connectivity index is 2.39. The molecule has 0 bridgehead atoms. The van der Waals surface area contributed by atoms with Crippen molar-refractivity contribution in [3.8, 4) is 11.4 Å². The second kappa shape index (κ2) is 6.81. The summed E-state index contributed by atoms with van der Waals surface area (Å²) in [6.45, 7) is 2.89. The molecule has 0 amide bonds. The Morgan fingerprint density at radius 1 is 1.38 bits per heavy atom. The van der Waals surface area contributed by atoms with Crippen molar-refractivity contribution < 1.29 is 14.6 Å². The van der Waals surface area contributed by atoms with Crippen molar-refractivity contribution in [2.45, 2.75) is 6.92 Å². The first-order valence-corrected chi connectivity index (χ1v) is 6.52. The van der Waals surface area contributed by atoms with Crippen molar-refractivity contribution in [2.75, 3.05) is 25.6 Å². The standard InChI is InChI=1S/C15H17N3O3/c1-10-5-3-4-6-11(10)13-17-9-12(15(19)20)14(18-13)16-7-8-21-2/h3-6,9H,7-8H2,1-2H3,(H,19,20)(H,16,17,18). The van der Waals surface area contributed by atoms with Crippen molar-refractivity contribution in [1.82, 2.24) is 9.97 Å². The molecule has 6 nitrogen and oxygen atoms in total. The number of carboxylic acid groups (broad SMARTS) is 1. The zero-order valence-corrected chi connectivity index (χ0v) is 12.0. The van der Waals surface area contributed by atoms with E-state index in [1.54, 1.807) is 7.11 Å². The number of benzene rings is 1. The van der Waals surface area contributed by atoms with Gasteiger partial charge < -0.3 is 15.2 Å². The minimum absolute atomic E-state index is 0.0448. The van der Waals surface area contributed by atoms with Gasteiger partial charge in [-0.05, 0) is 12.5 Å². The summed E-state index contributed by atoms with van der Waals surface area (Å²) in [6, 6.07) is 7.70. The van der Waals surface area contributed by atoms with Crippen molar-refractivity contribution in [3.05, 3.63) is 41.6 Å². The summed E-state index contributed by atoms with van der Waals surface area (Å²) in [7, 11) is 1.58. The van der Waals surface area contributed by atoms with E-state index in [0.717, 1.165) is 11.1 Å². The normalized spacial score (nSPS) is 10.4. The monoisotopic (exact) mass is 287 g/mol. The van der Waals surface area contributed by atoms with Crippen molar-refractivity contribution in [3.63, 3.8) is 0 Å². The van der Waals surface area contributed by atoms with Crippen molar-refractivity contribution in [2.24, 2.45) is 0 Å². The van der Waals surface area contributed by atoms with Crippen LogP contribution in [0.1, 0.15) is 15.9 Å². The molecule has 0 radical (unpaired) electrons. The summed E-state index contributed by atoms with van der Waals surface area (Å²) in [5.74, 6) is -0.267. The predicted octanol–water partition coefficient (Wildman–Crippen LogP) is 2.21. The lowest BCUT2D eigenvalue weighted by atomic mass is 10.1. The van der Waals surface area contributed by atoms with Crippen LogP contribution in [-0.4, -0.2) is 41.3 Å². The highest BCUT2D eigenvalue weighted by Gasteiger charge is 2.14. The van der Waals surface area contributed by atoms with E-state index >= 15 is 0 Å². The first kappa shape index (κ1) is 14.9. The number of methoxy groups -OCH3 is 1. The Kier molecular flexibility index (Phi) is 4.84.